The van der Waals surface area contributed by atoms with E-state index in [1.165, 1.54) is 0 Å². The maximum absolute atomic E-state index is 11.1. The first kappa shape index (κ1) is 10.5. The van der Waals surface area contributed by atoms with Crippen LogP contribution in [0.3, 0.4) is 0 Å². The molecule has 2 heterocycles. The molecule has 2 aliphatic heterocycles. The third kappa shape index (κ3) is 1.39. The molecule has 4 heteroatoms. The Morgan fingerprint density at radius 3 is 2.50 bits per heavy atom. The average Bonchev–Trinajstić information content (AvgIpc) is 2.90. The highest BCUT2D eigenvalue weighted by molar-refractivity contribution is 5.71. The molecule has 5 atom stereocenters. The summed E-state index contributed by atoms with van der Waals surface area (Å²) in [6.07, 6.45) is 5.71. The second-order valence-electron chi connectivity index (χ2n) is 5.49. The van der Waals surface area contributed by atoms with Crippen molar-refractivity contribution in [2.75, 3.05) is 0 Å². The summed E-state index contributed by atoms with van der Waals surface area (Å²) >= 11 is 0. The van der Waals surface area contributed by atoms with Crippen molar-refractivity contribution < 1.29 is 15.0 Å². The van der Waals surface area contributed by atoms with Gasteiger partial charge in [-0.3, -0.25) is 9.69 Å². The highest BCUT2D eigenvalue weighted by Crippen LogP contribution is 2.45. The number of hydrogen-bond donors (Lipinski definition) is 2. The van der Waals surface area contributed by atoms with Gasteiger partial charge in [0.25, 0.3) is 0 Å². The number of fused-ring (bicyclic) bond motifs is 2. The molecule has 0 spiro atoms. The highest BCUT2D eigenvalue weighted by atomic mass is 16.4. The molecule has 1 aliphatic carbocycles. The Morgan fingerprint density at radius 1 is 1.12 bits per heavy atom. The zero-order valence-electron chi connectivity index (χ0n) is 9.38. The summed E-state index contributed by atoms with van der Waals surface area (Å²) in [6.45, 7) is 0. The predicted molar refractivity (Wildman–Crippen MR) is 58.0 cm³/mol. The van der Waals surface area contributed by atoms with Crippen LogP contribution in [0.5, 0.6) is 0 Å². The molecular weight excluding hydrogens is 206 g/mol. The number of carboxylic acids is 1. The van der Waals surface area contributed by atoms with Crippen molar-refractivity contribution in [1.29, 1.82) is 0 Å². The van der Waals surface area contributed by atoms with E-state index >= 15 is 0 Å². The average molecular weight is 225 g/mol. The fourth-order valence-corrected chi connectivity index (χ4v) is 4.08. The van der Waals surface area contributed by atoms with E-state index in [2.05, 4.69) is 4.90 Å². The van der Waals surface area contributed by atoms with Crippen molar-refractivity contribution in [2.24, 2.45) is 5.92 Å². The molecule has 0 radical (unpaired) electrons. The van der Waals surface area contributed by atoms with Crippen molar-refractivity contribution in [2.45, 2.75) is 62.8 Å². The first-order valence-corrected chi connectivity index (χ1v) is 6.37. The molecule has 16 heavy (non-hydrogen) atoms. The van der Waals surface area contributed by atoms with Gasteiger partial charge in [-0.1, -0.05) is 0 Å². The molecule has 0 amide bonds. The molecule has 2 saturated heterocycles. The largest absolute Gasteiger partial charge is 0.481 e. The van der Waals surface area contributed by atoms with Gasteiger partial charge in [0.2, 0.25) is 0 Å². The van der Waals surface area contributed by atoms with Crippen LogP contribution in [0.4, 0.5) is 0 Å². The minimum Gasteiger partial charge on any atom is -0.481 e. The van der Waals surface area contributed by atoms with Crippen LogP contribution in [0.25, 0.3) is 0 Å². The lowest BCUT2D eigenvalue weighted by atomic mass is 9.89. The fraction of sp³-hybridized carbons (Fsp3) is 0.917. The number of aliphatic hydroxyl groups excluding tert-OH is 1. The zero-order valence-corrected chi connectivity index (χ0v) is 9.38. The number of aliphatic hydroxyl groups is 1. The lowest BCUT2D eigenvalue weighted by Crippen LogP contribution is -2.44. The molecule has 1 saturated carbocycles. The number of aliphatic carboxylic acids is 1. The van der Waals surface area contributed by atoms with E-state index in [4.69, 9.17) is 0 Å². The quantitative estimate of drug-likeness (QED) is 0.731. The monoisotopic (exact) mass is 225 g/mol. The zero-order chi connectivity index (χ0) is 11.3. The van der Waals surface area contributed by atoms with Gasteiger partial charge in [-0.15, -0.1) is 0 Å². The maximum Gasteiger partial charge on any atom is 0.308 e. The van der Waals surface area contributed by atoms with Crippen molar-refractivity contribution in [1.82, 2.24) is 4.90 Å². The lowest BCUT2D eigenvalue weighted by Gasteiger charge is -2.31. The third-order valence-corrected chi connectivity index (χ3v) is 4.73. The van der Waals surface area contributed by atoms with Gasteiger partial charge in [-0.05, 0) is 38.5 Å². The van der Waals surface area contributed by atoms with Crippen LogP contribution in [-0.4, -0.2) is 45.3 Å². The predicted octanol–water partition coefficient (Wildman–Crippen LogP) is 0.837. The Labute approximate surface area is 95.2 Å². The molecule has 0 aromatic carbocycles. The van der Waals surface area contributed by atoms with Gasteiger partial charge in [0.1, 0.15) is 0 Å². The van der Waals surface area contributed by atoms with Gasteiger partial charge in [-0.25, -0.2) is 0 Å². The van der Waals surface area contributed by atoms with Crippen LogP contribution in [0.1, 0.15) is 38.5 Å². The summed E-state index contributed by atoms with van der Waals surface area (Å²) in [5.41, 5.74) is 0. The Bertz CT molecular complexity index is 307. The van der Waals surface area contributed by atoms with Gasteiger partial charge in [0.05, 0.1) is 12.0 Å². The fourth-order valence-electron chi connectivity index (χ4n) is 4.08. The van der Waals surface area contributed by atoms with E-state index < -0.39 is 5.97 Å². The molecule has 3 rings (SSSR count). The second-order valence-corrected chi connectivity index (χ2v) is 5.49. The van der Waals surface area contributed by atoms with E-state index in [0.717, 1.165) is 38.5 Å². The summed E-state index contributed by atoms with van der Waals surface area (Å²) in [5.74, 6) is -0.837. The number of nitrogens with zero attached hydrogens (tertiary/aromatic N) is 1. The topological polar surface area (TPSA) is 60.8 Å². The number of carbonyl (C=O) groups is 1. The molecule has 5 unspecified atom stereocenters. The molecule has 2 bridgehead atoms. The molecule has 4 nitrogen and oxygen atoms in total. The Morgan fingerprint density at radius 2 is 1.94 bits per heavy atom. The van der Waals surface area contributed by atoms with Crippen LogP contribution in [0, 0.1) is 5.92 Å². The third-order valence-electron chi connectivity index (χ3n) is 4.73. The van der Waals surface area contributed by atoms with Crippen molar-refractivity contribution in [3.8, 4) is 0 Å². The number of hydrogen-bond acceptors (Lipinski definition) is 3. The first-order valence-electron chi connectivity index (χ1n) is 6.37. The molecule has 90 valence electrons. The maximum atomic E-state index is 11.1. The summed E-state index contributed by atoms with van der Waals surface area (Å²) < 4.78 is 0. The van der Waals surface area contributed by atoms with Crippen LogP contribution < -0.4 is 0 Å². The molecule has 0 aromatic heterocycles. The van der Waals surface area contributed by atoms with Crippen LogP contribution >= 0.6 is 0 Å². The Hall–Kier alpha value is -0.610. The number of carboxylic acid groups (broad SMARTS) is 1. The van der Waals surface area contributed by atoms with Gasteiger partial charge in [-0.2, -0.15) is 0 Å². The molecule has 0 aromatic rings. The van der Waals surface area contributed by atoms with Crippen molar-refractivity contribution in [3.05, 3.63) is 0 Å². The van der Waals surface area contributed by atoms with Gasteiger partial charge in [0.15, 0.2) is 0 Å². The first-order chi connectivity index (χ1) is 7.68. The lowest BCUT2D eigenvalue weighted by molar-refractivity contribution is -0.142. The highest BCUT2D eigenvalue weighted by Gasteiger charge is 2.53. The summed E-state index contributed by atoms with van der Waals surface area (Å²) in [6, 6.07) is 0.853. The molecule has 3 aliphatic rings. The van der Waals surface area contributed by atoms with E-state index in [1.54, 1.807) is 0 Å². The van der Waals surface area contributed by atoms with Crippen molar-refractivity contribution in [3.63, 3.8) is 0 Å². The number of rotatable bonds is 2. The smallest absolute Gasteiger partial charge is 0.308 e. The standard InChI is InChI=1S/C12H19NO3/c14-11-3-1-2-10(11)13-7-4-5-9(13)8(6-7)12(15)16/h7-11,14H,1-6H2,(H,15,16). The molecule has 2 N–H and O–H groups in total. The van der Waals surface area contributed by atoms with Gasteiger partial charge < -0.3 is 10.2 Å². The van der Waals surface area contributed by atoms with Crippen molar-refractivity contribution >= 4 is 5.97 Å². The van der Waals surface area contributed by atoms with Gasteiger partial charge in [0, 0.05) is 18.1 Å². The molecular formula is C12H19NO3. The van der Waals surface area contributed by atoms with E-state index in [9.17, 15) is 15.0 Å². The minimum absolute atomic E-state index is 0.188. The van der Waals surface area contributed by atoms with Gasteiger partial charge >= 0.3 is 5.97 Å². The van der Waals surface area contributed by atoms with E-state index in [1.807, 2.05) is 0 Å². The Kier molecular flexibility index (Phi) is 2.44. The SMILES string of the molecule is O=C(O)C1CC2CCC1N2C1CCCC1O. The Balaban J connectivity index is 1.79. The minimum atomic E-state index is -0.648. The molecule has 3 fully saturated rings. The van der Waals surface area contributed by atoms with Crippen LogP contribution in [-0.2, 0) is 4.79 Å². The van der Waals surface area contributed by atoms with Crippen LogP contribution in [0.15, 0.2) is 0 Å². The summed E-state index contributed by atoms with van der Waals surface area (Å²) in [5, 5.41) is 19.1. The van der Waals surface area contributed by atoms with E-state index in [-0.39, 0.29) is 24.1 Å². The normalized spacial score (nSPS) is 47.7. The van der Waals surface area contributed by atoms with E-state index in [0.29, 0.717) is 6.04 Å². The summed E-state index contributed by atoms with van der Waals surface area (Å²) in [7, 11) is 0. The second kappa shape index (κ2) is 3.70. The van der Waals surface area contributed by atoms with Crippen LogP contribution in [0.2, 0.25) is 0 Å². The summed E-state index contributed by atoms with van der Waals surface area (Å²) in [4.78, 5) is 13.5.